The first-order chi connectivity index (χ1) is 8.70. The minimum Gasteiger partial charge on any atom is -0.313 e. The summed E-state index contributed by atoms with van der Waals surface area (Å²) in [6.45, 7) is 8.17. The molecule has 0 amide bonds. The number of benzene rings is 1. The summed E-state index contributed by atoms with van der Waals surface area (Å²) < 4.78 is 0. The zero-order valence-corrected chi connectivity index (χ0v) is 11.3. The first-order valence-corrected chi connectivity index (χ1v) is 6.45. The molecular weight excluding hydrogens is 220 g/mol. The fourth-order valence-electron chi connectivity index (χ4n) is 1.92. The molecule has 0 spiro atoms. The van der Waals surface area contributed by atoms with Gasteiger partial charge in [-0.3, -0.25) is 4.98 Å². The molecule has 2 rings (SSSR count). The molecule has 0 aliphatic rings. The standard InChI is InChI=1S/C16H20N2/c1-4-17-11-15-9-10-16(18-13(15)3)14-7-5-12(2)6-8-14/h5-10,17H,4,11H2,1-3H3. The van der Waals surface area contributed by atoms with Crippen molar-refractivity contribution in [1.29, 1.82) is 0 Å². The van der Waals surface area contributed by atoms with Crippen LogP contribution in [-0.4, -0.2) is 11.5 Å². The molecule has 0 radical (unpaired) electrons. The highest BCUT2D eigenvalue weighted by Crippen LogP contribution is 2.19. The fraction of sp³-hybridized carbons (Fsp3) is 0.312. The minimum atomic E-state index is 0.892. The minimum absolute atomic E-state index is 0.892. The SMILES string of the molecule is CCNCc1ccc(-c2ccc(C)cc2)nc1C. The molecule has 0 aliphatic heterocycles. The van der Waals surface area contributed by atoms with Crippen LogP contribution in [0.2, 0.25) is 0 Å². The Kier molecular flexibility index (Phi) is 4.11. The molecule has 0 aliphatic carbocycles. The maximum atomic E-state index is 4.69. The van der Waals surface area contributed by atoms with Gasteiger partial charge in [0.05, 0.1) is 5.69 Å². The Bertz CT molecular complexity index is 515. The van der Waals surface area contributed by atoms with Crippen molar-refractivity contribution in [2.45, 2.75) is 27.3 Å². The molecule has 0 saturated carbocycles. The van der Waals surface area contributed by atoms with Gasteiger partial charge in [-0.25, -0.2) is 0 Å². The molecule has 0 fully saturated rings. The van der Waals surface area contributed by atoms with Crippen LogP contribution in [0.4, 0.5) is 0 Å². The normalized spacial score (nSPS) is 10.6. The van der Waals surface area contributed by atoms with Gasteiger partial charge in [-0.2, -0.15) is 0 Å². The molecular formula is C16H20N2. The second-order valence-corrected chi connectivity index (χ2v) is 4.59. The third-order valence-corrected chi connectivity index (χ3v) is 3.11. The lowest BCUT2D eigenvalue weighted by molar-refractivity contribution is 0.720. The van der Waals surface area contributed by atoms with Crippen molar-refractivity contribution in [3.63, 3.8) is 0 Å². The van der Waals surface area contributed by atoms with Gasteiger partial charge in [0.15, 0.2) is 0 Å². The van der Waals surface area contributed by atoms with Gasteiger partial charge in [-0.05, 0) is 32.0 Å². The quantitative estimate of drug-likeness (QED) is 0.885. The van der Waals surface area contributed by atoms with Crippen molar-refractivity contribution in [2.75, 3.05) is 6.54 Å². The van der Waals surface area contributed by atoms with Crippen molar-refractivity contribution < 1.29 is 0 Å². The highest BCUT2D eigenvalue weighted by atomic mass is 14.8. The summed E-state index contributed by atoms with van der Waals surface area (Å²) in [4.78, 5) is 4.69. The number of nitrogens with one attached hydrogen (secondary N) is 1. The van der Waals surface area contributed by atoms with Gasteiger partial charge in [-0.15, -0.1) is 0 Å². The Hall–Kier alpha value is -1.67. The maximum Gasteiger partial charge on any atom is 0.0705 e. The van der Waals surface area contributed by atoms with Crippen molar-refractivity contribution in [3.05, 3.63) is 53.2 Å². The molecule has 2 aromatic rings. The van der Waals surface area contributed by atoms with Gasteiger partial charge in [0.1, 0.15) is 0 Å². The molecule has 1 aromatic heterocycles. The molecule has 0 unspecified atom stereocenters. The summed E-state index contributed by atoms with van der Waals surface area (Å²) >= 11 is 0. The van der Waals surface area contributed by atoms with E-state index in [0.29, 0.717) is 0 Å². The van der Waals surface area contributed by atoms with Crippen LogP contribution in [0.5, 0.6) is 0 Å². The summed E-state index contributed by atoms with van der Waals surface area (Å²) in [6.07, 6.45) is 0. The number of hydrogen-bond acceptors (Lipinski definition) is 2. The third kappa shape index (κ3) is 2.96. The average Bonchev–Trinajstić information content (AvgIpc) is 2.38. The number of nitrogens with zero attached hydrogens (tertiary/aromatic N) is 1. The number of rotatable bonds is 4. The largest absolute Gasteiger partial charge is 0.313 e. The van der Waals surface area contributed by atoms with E-state index in [1.807, 2.05) is 0 Å². The van der Waals surface area contributed by atoms with Crippen LogP contribution in [0.3, 0.4) is 0 Å². The van der Waals surface area contributed by atoms with E-state index in [9.17, 15) is 0 Å². The summed E-state index contributed by atoms with van der Waals surface area (Å²) in [7, 11) is 0. The molecule has 94 valence electrons. The topological polar surface area (TPSA) is 24.9 Å². The first kappa shape index (κ1) is 12.8. The Balaban J connectivity index is 2.25. The van der Waals surface area contributed by atoms with E-state index in [0.717, 1.165) is 24.5 Å². The molecule has 18 heavy (non-hydrogen) atoms. The van der Waals surface area contributed by atoms with Crippen LogP contribution in [0.15, 0.2) is 36.4 Å². The molecule has 2 heteroatoms. The molecule has 0 atom stereocenters. The molecule has 0 saturated heterocycles. The van der Waals surface area contributed by atoms with Gasteiger partial charge in [-0.1, -0.05) is 42.8 Å². The van der Waals surface area contributed by atoms with Crippen LogP contribution < -0.4 is 5.32 Å². The number of pyridine rings is 1. The second kappa shape index (κ2) is 5.78. The van der Waals surface area contributed by atoms with Crippen LogP contribution in [0.25, 0.3) is 11.3 Å². The summed E-state index contributed by atoms with van der Waals surface area (Å²) in [6, 6.07) is 12.8. The highest BCUT2D eigenvalue weighted by molar-refractivity contribution is 5.60. The summed E-state index contributed by atoms with van der Waals surface area (Å²) in [5.41, 5.74) is 5.88. The van der Waals surface area contributed by atoms with Crippen molar-refractivity contribution in [1.82, 2.24) is 10.3 Å². The first-order valence-electron chi connectivity index (χ1n) is 6.45. The van der Waals surface area contributed by atoms with Crippen molar-refractivity contribution in [3.8, 4) is 11.3 Å². The fourth-order valence-corrected chi connectivity index (χ4v) is 1.92. The van der Waals surface area contributed by atoms with Crippen molar-refractivity contribution in [2.24, 2.45) is 0 Å². The van der Waals surface area contributed by atoms with Gasteiger partial charge in [0, 0.05) is 17.8 Å². The van der Waals surface area contributed by atoms with Gasteiger partial charge in [0.2, 0.25) is 0 Å². The molecule has 2 nitrogen and oxygen atoms in total. The van der Waals surface area contributed by atoms with Crippen LogP contribution in [-0.2, 0) is 6.54 Å². The van der Waals surface area contributed by atoms with Crippen LogP contribution in [0.1, 0.15) is 23.7 Å². The monoisotopic (exact) mass is 240 g/mol. The second-order valence-electron chi connectivity index (χ2n) is 4.59. The van der Waals surface area contributed by atoms with Crippen molar-refractivity contribution >= 4 is 0 Å². The van der Waals surface area contributed by atoms with E-state index in [2.05, 4.69) is 67.5 Å². The van der Waals surface area contributed by atoms with Gasteiger partial charge >= 0.3 is 0 Å². The summed E-state index contributed by atoms with van der Waals surface area (Å²) in [5, 5.41) is 3.33. The lowest BCUT2D eigenvalue weighted by atomic mass is 10.1. The summed E-state index contributed by atoms with van der Waals surface area (Å²) in [5.74, 6) is 0. The molecule has 1 N–H and O–H groups in total. The Morgan fingerprint density at radius 3 is 2.33 bits per heavy atom. The van der Waals surface area contributed by atoms with E-state index in [1.54, 1.807) is 0 Å². The Morgan fingerprint density at radius 2 is 1.72 bits per heavy atom. The average molecular weight is 240 g/mol. The van der Waals surface area contributed by atoms with E-state index in [4.69, 9.17) is 0 Å². The number of hydrogen-bond donors (Lipinski definition) is 1. The maximum absolute atomic E-state index is 4.69. The van der Waals surface area contributed by atoms with Crippen LogP contribution >= 0.6 is 0 Å². The Morgan fingerprint density at radius 1 is 1.00 bits per heavy atom. The smallest absolute Gasteiger partial charge is 0.0705 e. The number of aryl methyl sites for hydroxylation is 2. The van der Waals surface area contributed by atoms with Gasteiger partial charge in [0.25, 0.3) is 0 Å². The molecule has 1 aromatic carbocycles. The van der Waals surface area contributed by atoms with Gasteiger partial charge < -0.3 is 5.32 Å². The van der Waals surface area contributed by atoms with E-state index < -0.39 is 0 Å². The lowest BCUT2D eigenvalue weighted by Gasteiger charge is -2.08. The molecule has 1 heterocycles. The third-order valence-electron chi connectivity index (χ3n) is 3.11. The predicted octanol–water partition coefficient (Wildman–Crippen LogP) is 3.47. The zero-order chi connectivity index (χ0) is 13.0. The number of aromatic nitrogens is 1. The van der Waals surface area contributed by atoms with Crippen LogP contribution in [0, 0.1) is 13.8 Å². The highest BCUT2D eigenvalue weighted by Gasteiger charge is 2.03. The van der Waals surface area contributed by atoms with E-state index in [1.165, 1.54) is 16.7 Å². The van der Waals surface area contributed by atoms with E-state index in [-0.39, 0.29) is 0 Å². The van der Waals surface area contributed by atoms with E-state index >= 15 is 0 Å². The zero-order valence-electron chi connectivity index (χ0n) is 11.3. The molecule has 0 bridgehead atoms. The predicted molar refractivity (Wildman–Crippen MR) is 76.5 cm³/mol. The lowest BCUT2D eigenvalue weighted by Crippen LogP contribution is -2.13. The Labute approximate surface area is 109 Å².